The molecule has 1 fully saturated rings. The standard InChI is InChI=1S/C17H28N2O/c1-18-16-10-5-4-6-11-17(16)19(2)13-14-8-7-9-15(12-14)20-3/h7-9,12,16-18H,4-6,10-11,13H2,1-3H3. The van der Waals surface area contributed by atoms with E-state index in [0.717, 1.165) is 12.3 Å². The Morgan fingerprint density at radius 1 is 1.25 bits per heavy atom. The summed E-state index contributed by atoms with van der Waals surface area (Å²) >= 11 is 0. The summed E-state index contributed by atoms with van der Waals surface area (Å²) in [6, 6.07) is 9.66. The molecule has 1 N–H and O–H groups in total. The molecule has 0 amide bonds. The fourth-order valence-corrected chi connectivity index (χ4v) is 3.33. The van der Waals surface area contributed by atoms with Gasteiger partial charge in [-0.3, -0.25) is 4.90 Å². The highest BCUT2D eigenvalue weighted by atomic mass is 16.5. The highest BCUT2D eigenvalue weighted by molar-refractivity contribution is 5.28. The summed E-state index contributed by atoms with van der Waals surface area (Å²) in [6.45, 7) is 0.986. The van der Waals surface area contributed by atoms with Crippen LogP contribution in [-0.2, 0) is 6.54 Å². The van der Waals surface area contributed by atoms with Gasteiger partial charge in [-0.05, 0) is 44.6 Å². The van der Waals surface area contributed by atoms with Crippen molar-refractivity contribution in [2.75, 3.05) is 21.2 Å². The van der Waals surface area contributed by atoms with Crippen LogP contribution >= 0.6 is 0 Å². The summed E-state index contributed by atoms with van der Waals surface area (Å²) in [5.74, 6) is 0.946. The maximum absolute atomic E-state index is 5.31. The van der Waals surface area contributed by atoms with E-state index in [-0.39, 0.29) is 0 Å². The average Bonchev–Trinajstić information content (AvgIpc) is 2.72. The minimum atomic E-state index is 0.619. The van der Waals surface area contributed by atoms with Crippen molar-refractivity contribution in [1.29, 1.82) is 0 Å². The molecule has 1 saturated carbocycles. The van der Waals surface area contributed by atoms with Crippen LogP contribution < -0.4 is 10.1 Å². The summed E-state index contributed by atoms with van der Waals surface area (Å²) < 4.78 is 5.31. The molecule has 3 nitrogen and oxygen atoms in total. The molecule has 0 saturated heterocycles. The molecule has 0 spiro atoms. The van der Waals surface area contributed by atoms with Crippen molar-refractivity contribution < 1.29 is 4.74 Å². The van der Waals surface area contributed by atoms with Crippen molar-refractivity contribution in [1.82, 2.24) is 10.2 Å². The van der Waals surface area contributed by atoms with Crippen LogP contribution in [0.5, 0.6) is 5.75 Å². The van der Waals surface area contributed by atoms with Gasteiger partial charge in [0.2, 0.25) is 0 Å². The fraction of sp³-hybridized carbons (Fsp3) is 0.647. The lowest BCUT2D eigenvalue weighted by atomic mass is 10.0. The lowest BCUT2D eigenvalue weighted by Crippen LogP contribution is -2.46. The largest absolute Gasteiger partial charge is 0.497 e. The second kappa shape index (κ2) is 7.65. The average molecular weight is 276 g/mol. The second-order valence-corrected chi connectivity index (χ2v) is 5.87. The first kappa shape index (κ1) is 15.3. The number of nitrogens with zero attached hydrogens (tertiary/aromatic N) is 1. The molecule has 1 aliphatic carbocycles. The van der Waals surface area contributed by atoms with Crippen LogP contribution in [0.1, 0.15) is 37.7 Å². The van der Waals surface area contributed by atoms with Gasteiger partial charge in [0.05, 0.1) is 7.11 Å². The third kappa shape index (κ3) is 3.97. The lowest BCUT2D eigenvalue weighted by Gasteiger charge is -2.33. The minimum absolute atomic E-state index is 0.619. The quantitative estimate of drug-likeness (QED) is 0.837. The van der Waals surface area contributed by atoms with Gasteiger partial charge in [0.15, 0.2) is 0 Å². The Bertz CT molecular complexity index is 408. The van der Waals surface area contributed by atoms with Crippen LogP contribution in [0.25, 0.3) is 0 Å². The SMILES string of the molecule is CNC1CCCCCC1N(C)Cc1cccc(OC)c1. The van der Waals surface area contributed by atoms with Crippen molar-refractivity contribution in [3.8, 4) is 5.75 Å². The molecule has 2 atom stereocenters. The molecule has 1 aromatic carbocycles. The molecular weight excluding hydrogens is 248 g/mol. The zero-order valence-electron chi connectivity index (χ0n) is 13.1. The number of rotatable bonds is 5. The molecule has 1 aliphatic rings. The molecular formula is C17H28N2O. The van der Waals surface area contributed by atoms with E-state index in [1.54, 1.807) is 7.11 Å². The molecule has 0 aromatic heterocycles. The van der Waals surface area contributed by atoms with Crippen molar-refractivity contribution >= 4 is 0 Å². The molecule has 2 rings (SSSR count). The zero-order valence-corrected chi connectivity index (χ0v) is 13.1. The monoisotopic (exact) mass is 276 g/mol. The van der Waals surface area contributed by atoms with E-state index in [0.29, 0.717) is 12.1 Å². The van der Waals surface area contributed by atoms with E-state index in [9.17, 15) is 0 Å². The van der Waals surface area contributed by atoms with Gasteiger partial charge in [-0.2, -0.15) is 0 Å². The molecule has 1 aromatic rings. The first-order chi connectivity index (χ1) is 9.74. The van der Waals surface area contributed by atoms with E-state index in [4.69, 9.17) is 4.74 Å². The predicted octanol–water partition coefficient (Wildman–Crippen LogP) is 3.05. The number of nitrogens with one attached hydrogen (secondary N) is 1. The maximum atomic E-state index is 5.31. The van der Waals surface area contributed by atoms with Gasteiger partial charge < -0.3 is 10.1 Å². The molecule has 2 unspecified atom stereocenters. The van der Waals surface area contributed by atoms with Gasteiger partial charge in [0.1, 0.15) is 5.75 Å². The number of benzene rings is 1. The van der Waals surface area contributed by atoms with Crippen LogP contribution in [0.15, 0.2) is 24.3 Å². The summed E-state index contributed by atoms with van der Waals surface area (Å²) in [4.78, 5) is 2.50. The van der Waals surface area contributed by atoms with Crippen molar-refractivity contribution in [3.63, 3.8) is 0 Å². The van der Waals surface area contributed by atoms with E-state index in [1.807, 2.05) is 6.07 Å². The van der Waals surface area contributed by atoms with Crippen molar-refractivity contribution in [3.05, 3.63) is 29.8 Å². The van der Waals surface area contributed by atoms with E-state index < -0.39 is 0 Å². The maximum Gasteiger partial charge on any atom is 0.119 e. The van der Waals surface area contributed by atoms with Crippen molar-refractivity contribution in [2.24, 2.45) is 0 Å². The number of hydrogen-bond acceptors (Lipinski definition) is 3. The number of likely N-dealkylation sites (N-methyl/N-ethyl adjacent to an activating group) is 2. The summed E-state index contributed by atoms with van der Waals surface area (Å²) in [5, 5.41) is 3.52. The van der Waals surface area contributed by atoms with E-state index in [1.165, 1.54) is 37.7 Å². The minimum Gasteiger partial charge on any atom is -0.497 e. The van der Waals surface area contributed by atoms with E-state index in [2.05, 4.69) is 42.5 Å². The normalized spacial score (nSPS) is 23.6. The Morgan fingerprint density at radius 3 is 2.80 bits per heavy atom. The number of methoxy groups -OCH3 is 1. The van der Waals surface area contributed by atoms with Crippen LogP contribution in [0.2, 0.25) is 0 Å². The van der Waals surface area contributed by atoms with Gasteiger partial charge in [0, 0.05) is 18.6 Å². The predicted molar refractivity (Wildman–Crippen MR) is 84.2 cm³/mol. The molecule has 0 bridgehead atoms. The Hall–Kier alpha value is -1.06. The number of ether oxygens (including phenoxy) is 1. The zero-order chi connectivity index (χ0) is 14.4. The fourth-order valence-electron chi connectivity index (χ4n) is 3.33. The summed E-state index contributed by atoms with van der Waals surface area (Å²) in [7, 11) is 6.08. The first-order valence-corrected chi connectivity index (χ1v) is 7.75. The number of hydrogen-bond donors (Lipinski definition) is 1. The van der Waals surface area contributed by atoms with Crippen LogP contribution in [-0.4, -0.2) is 38.2 Å². The molecule has 112 valence electrons. The van der Waals surface area contributed by atoms with Crippen LogP contribution in [0.3, 0.4) is 0 Å². The molecule has 0 aliphatic heterocycles. The Kier molecular flexibility index (Phi) is 5.86. The van der Waals surface area contributed by atoms with E-state index >= 15 is 0 Å². The third-order valence-corrected chi connectivity index (χ3v) is 4.48. The molecule has 0 radical (unpaired) electrons. The van der Waals surface area contributed by atoms with Gasteiger partial charge in [-0.15, -0.1) is 0 Å². The summed E-state index contributed by atoms with van der Waals surface area (Å²) in [6.07, 6.45) is 6.68. The topological polar surface area (TPSA) is 24.5 Å². The third-order valence-electron chi connectivity index (χ3n) is 4.48. The van der Waals surface area contributed by atoms with Crippen molar-refractivity contribution in [2.45, 2.75) is 50.7 Å². The first-order valence-electron chi connectivity index (χ1n) is 7.75. The van der Waals surface area contributed by atoms with Gasteiger partial charge in [-0.1, -0.05) is 31.4 Å². The highest BCUT2D eigenvalue weighted by Gasteiger charge is 2.25. The molecule has 20 heavy (non-hydrogen) atoms. The Balaban J connectivity index is 2.02. The van der Waals surface area contributed by atoms with Gasteiger partial charge in [0.25, 0.3) is 0 Å². The Labute approximate surface area is 123 Å². The van der Waals surface area contributed by atoms with Crippen LogP contribution in [0.4, 0.5) is 0 Å². The highest BCUT2D eigenvalue weighted by Crippen LogP contribution is 2.23. The summed E-state index contributed by atoms with van der Waals surface area (Å²) in [5.41, 5.74) is 1.32. The lowest BCUT2D eigenvalue weighted by molar-refractivity contribution is 0.179. The second-order valence-electron chi connectivity index (χ2n) is 5.87. The van der Waals surface area contributed by atoms with Gasteiger partial charge in [-0.25, -0.2) is 0 Å². The van der Waals surface area contributed by atoms with Crippen LogP contribution in [0, 0.1) is 0 Å². The van der Waals surface area contributed by atoms with Gasteiger partial charge >= 0.3 is 0 Å². The molecule has 0 heterocycles. The smallest absolute Gasteiger partial charge is 0.119 e. The Morgan fingerprint density at radius 2 is 2.05 bits per heavy atom. The molecule has 3 heteroatoms.